The molecule has 0 amide bonds. The van der Waals surface area contributed by atoms with E-state index in [2.05, 4.69) is 16.9 Å². The van der Waals surface area contributed by atoms with Gasteiger partial charge in [0.2, 0.25) is 0 Å². The number of carbonyl (C=O) groups is 1. The molecule has 4 nitrogen and oxygen atoms in total. The van der Waals surface area contributed by atoms with Crippen LogP contribution in [0.4, 0.5) is 5.69 Å². The second kappa shape index (κ2) is 4.95. The third-order valence-corrected chi connectivity index (χ3v) is 5.23. The number of rotatable bonds is 2. The number of hydrogen-bond donors (Lipinski definition) is 0. The first-order valence-corrected chi connectivity index (χ1v) is 7.78. The van der Waals surface area contributed by atoms with Gasteiger partial charge in [-0.1, -0.05) is 18.2 Å². The molecular formula is C17H20N2O2. The largest absolute Gasteiger partial charge is 0.462 e. The summed E-state index contributed by atoms with van der Waals surface area (Å²) in [5.74, 6) is -0.462. The number of esters is 1. The Kier molecular flexibility index (Phi) is 3.07. The first kappa shape index (κ1) is 13.0. The molecule has 4 rings (SSSR count). The van der Waals surface area contributed by atoms with Crippen molar-refractivity contribution in [2.75, 3.05) is 7.05 Å². The molecule has 3 atom stereocenters. The molecule has 0 N–H and O–H groups in total. The summed E-state index contributed by atoms with van der Waals surface area (Å²) in [6, 6.07) is 8.97. The van der Waals surface area contributed by atoms with Crippen LogP contribution in [0.3, 0.4) is 0 Å². The van der Waals surface area contributed by atoms with Crippen LogP contribution in [0.5, 0.6) is 0 Å². The maximum atomic E-state index is 12.5. The van der Waals surface area contributed by atoms with Gasteiger partial charge in [0.15, 0.2) is 0 Å². The fourth-order valence-corrected chi connectivity index (χ4v) is 3.99. The number of nitrogens with zero attached hydrogens (tertiary/aromatic N) is 2. The number of piperidine rings is 1. The molecule has 1 aromatic rings. The summed E-state index contributed by atoms with van der Waals surface area (Å²) < 4.78 is 5.80. The van der Waals surface area contributed by atoms with Gasteiger partial charge in [0.05, 0.1) is 5.69 Å². The molecule has 3 heterocycles. The fourth-order valence-electron chi connectivity index (χ4n) is 3.99. The van der Waals surface area contributed by atoms with E-state index in [4.69, 9.17) is 4.74 Å². The molecular weight excluding hydrogens is 264 g/mol. The zero-order valence-electron chi connectivity index (χ0n) is 12.2. The standard InChI is InChI=1S/C17H20N2O2/c1-19-11-6-7-12(19)9-13(8-11)21-17(20)15-10-18-16-5-3-2-4-14(15)16/h2-5,10-13,15H,6-9H2,1H3/t11-,12-,15-/m0/s1. The molecule has 0 spiro atoms. The third kappa shape index (κ3) is 2.18. The topological polar surface area (TPSA) is 41.9 Å². The molecule has 110 valence electrons. The molecule has 2 fully saturated rings. The lowest BCUT2D eigenvalue weighted by molar-refractivity contribution is -0.152. The summed E-state index contributed by atoms with van der Waals surface area (Å²) in [7, 11) is 2.19. The van der Waals surface area contributed by atoms with Crippen molar-refractivity contribution in [1.29, 1.82) is 0 Å². The van der Waals surface area contributed by atoms with Gasteiger partial charge in [-0.15, -0.1) is 0 Å². The van der Waals surface area contributed by atoms with Crippen LogP contribution < -0.4 is 0 Å². The van der Waals surface area contributed by atoms with Crippen LogP contribution in [0, 0.1) is 0 Å². The van der Waals surface area contributed by atoms with Gasteiger partial charge in [-0.05, 0) is 44.4 Å². The Balaban J connectivity index is 1.45. The zero-order chi connectivity index (χ0) is 14.4. The van der Waals surface area contributed by atoms with Crippen molar-refractivity contribution in [3.63, 3.8) is 0 Å². The first-order valence-electron chi connectivity index (χ1n) is 7.78. The minimum Gasteiger partial charge on any atom is -0.462 e. The summed E-state index contributed by atoms with van der Waals surface area (Å²) in [6.45, 7) is 0. The second-order valence-corrected chi connectivity index (χ2v) is 6.40. The highest BCUT2D eigenvalue weighted by Gasteiger charge is 2.40. The molecule has 2 bridgehead atoms. The Morgan fingerprint density at radius 2 is 1.95 bits per heavy atom. The van der Waals surface area contributed by atoms with Crippen LogP contribution >= 0.6 is 0 Å². The summed E-state index contributed by atoms with van der Waals surface area (Å²) in [6.07, 6.45) is 6.23. The summed E-state index contributed by atoms with van der Waals surface area (Å²) in [4.78, 5) is 19.2. The predicted molar refractivity (Wildman–Crippen MR) is 81.0 cm³/mol. The minimum atomic E-state index is -0.321. The van der Waals surface area contributed by atoms with Crippen LogP contribution in [0.2, 0.25) is 0 Å². The van der Waals surface area contributed by atoms with Gasteiger partial charge in [0.25, 0.3) is 0 Å². The van der Waals surface area contributed by atoms with Crippen molar-refractivity contribution in [3.8, 4) is 0 Å². The maximum Gasteiger partial charge on any atom is 0.319 e. The number of fused-ring (bicyclic) bond motifs is 3. The molecule has 0 radical (unpaired) electrons. The SMILES string of the molecule is CN1[C@H]2CC[C@H]1CC(OC(=O)[C@H]1C=Nc3ccccc31)C2. The monoisotopic (exact) mass is 284 g/mol. The molecule has 2 saturated heterocycles. The van der Waals surface area contributed by atoms with Crippen molar-refractivity contribution in [3.05, 3.63) is 29.8 Å². The minimum absolute atomic E-state index is 0.0763. The maximum absolute atomic E-state index is 12.5. The lowest BCUT2D eigenvalue weighted by atomic mass is 9.99. The van der Waals surface area contributed by atoms with Crippen LogP contribution in [0.15, 0.2) is 29.3 Å². The number of carbonyl (C=O) groups excluding carboxylic acids is 1. The van der Waals surface area contributed by atoms with Gasteiger partial charge in [-0.2, -0.15) is 0 Å². The summed E-state index contributed by atoms with van der Waals surface area (Å²) in [5.41, 5.74) is 1.86. The van der Waals surface area contributed by atoms with Crippen molar-refractivity contribution < 1.29 is 9.53 Å². The van der Waals surface area contributed by atoms with Gasteiger partial charge in [0, 0.05) is 18.3 Å². The Morgan fingerprint density at radius 1 is 1.24 bits per heavy atom. The average Bonchev–Trinajstić information content (AvgIpc) is 2.98. The molecule has 0 aliphatic carbocycles. The highest BCUT2D eigenvalue weighted by molar-refractivity contribution is 6.01. The number of para-hydroxylation sites is 1. The van der Waals surface area contributed by atoms with Gasteiger partial charge in [-0.25, -0.2) is 0 Å². The predicted octanol–water partition coefficient (Wildman–Crippen LogP) is 2.65. The Morgan fingerprint density at radius 3 is 2.71 bits per heavy atom. The van der Waals surface area contributed by atoms with E-state index >= 15 is 0 Å². The van der Waals surface area contributed by atoms with Crippen LogP contribution in [0.25, 0.3) is 0 Å². The van der Waals surface area contributed by atoms with Crippen molar-refractivity contribution in [2.45, 2.75) is 49.8 Å². The summed E-state index contributed by atoms with van der Waals surface area (Å²) in [5, 5.41) is 0. The molecule has 0 unspecified atom stereocenters. The van der Waals surface area contributed by atoms with E-state index in [0.29, 0.717) is 12.1 Å². The van der Waals surface area contributed by atoms with Crippen LogP contribution in [-0.2, 0) is 9.53 Å². The summed E-state index contributed by atoms with van der Waals surface area (Å²) >= 11 is 0. The Labute approximate surface area is 124 Å². The normalized spacial score (nSPS) is 34.0. The smallest absolute Gasteiger partial charge is 0.319 e. The van der Waals surface area contributed by atoms with Gasteiger partial charge in [0.1, 0.15) is 12.0 Å². The fraction of sp³-hybridized carbons (Fsp3) is 0.529. The highest BCUT2D eigenvalue weighted by Crippen LogP contribution is 2.37. The van der Waals surface area contributed by atoms with Gasteiger partial charge >= 0.3 is 5.97 Å². The second-order valence-electron chi connectivity index (χ2n) is 6.40. The van der Waals surface area contributed by atoms with E-state index in [-0.39, 0.29) is 18.0 Å². The zero-order valence-corrected chi connectivity index (χ0v) is 12.2. The molecule has 0 aromatic heterocycles. The highest BCUT2D eigenvalue weighted by atomic mass is 16.5. The van der Waals surface area contributed by atoms with Crippen molar-refractivity contribution >= 4 is 17.9 Å². The van der Waals surface area contributed by atoms with Crippen LogP contribution in [0.1, 0.15) is 37.2 Å². The lowest BCUT2D eigenvalue weighted by Gasteiger charge is -2.36. The van der Waals surface area contributed by atoms with E-state index in [0.717, 1.165) is 24.1 Å². The first-order chi connectivity index (χ1) is 10.2. The van der Waals surface area contributed by atoms with Gasteiger partial charge < -0.3 is 9.64 Å². The number of benzene rings is 1. The van der Waals surface area contributed by atoms with Crippen LogP contribution in [-0.4, -0.2) is 42.3 Å². The van der Waals surface area contributed by atoms with E-state index in [1.807, 2.05) is 24.3 Å². The molecule has 1 aromatic carbocycles. The van der Waals surface area contributed by atoms with Gasteiger partial charge in [-0.3, -0.25) is 9.79 Å². The van der Waals surface area contributed by atoms with E-state index < -0.39 is 0 Å². The molecule has 0 saturated carbocycles. The Hall–Kier alpha value is -1.68. The molecule has 21 heavy (non-hydrogen) atoms. The molecule has 3 aliphatic rings. The molecule has 3 aliphatic heterocycles. The van der Waals surface area contributed by atoms with Crippen molar-refractivity contribution in [2.24, 2.45) is 4.99 Å². The van der Waals surface area contributed by atoms with Crippen molar-refractivity contribution in [1.82, 2.24) is 4.90 Å². The number of hydrogen-bond acceptors (Lipinski definition) is 4. The van der Waals surface area contributed by atoms with E-state index in [1.54, 1.807) is 6.21 Å². The van der Waals surface area contributed by atoms with E-state index in [1.165, 1.54) is 12.8 Å². The number of aliphatic imine (C=N–C) groups is 1. The molecule has 4 heteroatoms. The lowest BCUT2D eigenvalue weighted by Crippen LogP contribution is -2.43. The Bertz CT molecular complexity index is 584. The number of ether oxygens (including phenoxy) is 1. The average molecular weight is 284 g/mol. The third-order valence-electron chi connectivity index (χ3n) is 5.23. The van der Waals surface area contributed by atoms with E-state index in [9.17, 15) is 4.79 Å². The quantitative estimate of drug-likeness (QED) is 0.784.